The van der Waals surface area contributed by atoms with Gasteiger partial charge in [-0.3, -0.25) is 0 Å². The van der Waals surface area contributed by atoms with Gasteiger partial charge in [-0.25, -0.2) is 14.4 Å². The van der Waals surface area contributed by atoms with Crippen LogP contribution in [0.3, 0.4) is 0 Å². The van der Waals surface area contributed by atoms with Crippen molar-refractivity contribution in [1.82, 2.24) is 9.97 Å². The Morgan fingerprint density at radius 3 is 2.65 bits per heavy atom. The second kappa shape index (κ2) is 6.84. The summed E-state index contributed by atoms with van der Waals surface area (Å²) in [5.74, 6) is 1.64. The standard InChI is InChI=1S/C15H19FN4/c1-11(2)7-8-17-14-9-15(19-10-18-14)20-13-6-4-3-5-12(13)16/h3-6,9-11H,7-8H2,1-2H3,(H2,17,18,19,20). The summed E-state index contributed by atoms with van der Waals surface area (Å²) in [4.78, 5) is 8.23. The molecule has 0 aliphatic rings. The van der Waals surface area contributed by atoms with E-state index in [-0.39, 0.29) is 5.82 Å². The first-order valence-corrected chi connectivity index (χ1v) is 6.72. The normalized spacial score (nSPS) is 10.6. The molecule has 0 spiro atoms. The van der Waals surface area contributed by atoms with Gasteiger partial charge in [0.25, 0.3) is 0 Å². The average Bonchev–Trinajstić information content (AvgIpc) is 2.41. The van der Waals surface area contributed by atoms with Crippen molar-refractivity contribution in [3.8, 4) is 0 Å². The Kier molecular flexibility index (Phi) is 4.87. The average molecular weight is 274 g/mol. The second-order valence-corrected chi connectivity index (χ2v) is 5.00. The summed E-state index contributed by atoms with van der Waals surface area (Å²) in [6.07, 6.45) is 2.53. The van der Waals surface area contributed by atoms with Crippen LogP contribution in [0.4, 0.5) is 21.7 Å². The maximum absolute atomic E-state index is 13.5. The van der Waals surface area contributed by atoms with E-state index in [1.807, 2.05) is 0 Å². The number of hydrogen-bond donors (Lipinski definition) is 2. The number of nitrogens with one attached hydrogen (secondary N) is 2. The molecule has 0 radical (unpaired) electrons. The monoisotopic (exact) mass is 274 g/mol. The van der Waals surface area contributed by atoms with Gasteiger partial charge in [0.2, 0.25) is 0 Å². The third-order valence-electron chi connectivity index (χ3n) is 2.83. The van der Waals surface area contributed by atoms with Crippen molar-refractivity contribution in [2.24, 2.45) is 5.92 Å². The van der Waals surface area contributed by atoms with E-state index in [4.69, 9.17) is 0 Å². The first kappa shape index (κ1) is 14.2. The molecule has 0 fully saturated rings. The number of aromatic nitrogens is 2. The highest BCUT2D eigenvalue weighted by Crippen LogP contribution is 2.19. The van der Waals surface area contributed by atoms with Gasteiger partial charge < -0.3 is 10.6 Å². The van der Waals surface area contributed by atoms with Crippen LogP contribution < -0.4 is 10.6 Å². The number of nitrogens with zero attached hydrogens (tertiary/aromatic N) is 2. The number of benzene rings is 1. The Labute approximate surface area is 118 Å². The minimum atomic E-state index is -0.305. The summed E-state index contributed by atoms with van der Waals surface area (Å²) >= 11 is 0. The Balaban J connectivity index is 2.01. The summed E-state index contributed by atoms with van der Waals surface area (Å²) in [5.41, 5.74) is 0.402. The molecule has 2 rings (SSSR count). The van der Waals surface area contributed by atoms with E-state index in [1.165, 1.54) is 12.4 Å². The van der Waals surface area contributed by atoms with Crippen LogP contribution in [0, 0.1) is 11.7 Å². The van der Waals surface area contributed by atoms with Crippen molar-refractivity contribution in [2.45, 2.75) is 20.3 Å². The van der Waals surface area contributed by atoms with Crippen LogP contribution in [0.2, 0.25) is 0 Å². The van der Waals surface area contributed by atoms with Gasteiger partial charge in [0.05, 0.1) is 5.69 Å². The third kappa shape index (κ3) is 4.19. The lowest BCUT2D eigenvalue weighted by Crippen LogP contribution is -2.07. The van der Waals surface area contributed by atoms with Crippen molar-refractivity contribution < 1.29 is 4.39 Å². The minimum Gasteiger partial charge on any atom is -0.370 e. The Morgan fingerprint density at radius 1 is 1.15 bits per heavy atom. The van der Waals surface area contributed by atoms with Crippen molar-refractivity contribution >= 4 is 17.3 Å². The molecule has 0 aliphatic heterocycles. The lowest BCUT2D eigenvalue weighted by Gasteiger charge is -2.10. The van der Waals surface area contributed by atoms with Gasteiger partial charge in [-0.2, -0.15) is 0 Å². The second-order valence-electron chi connectivity index (χ2n) is 5.00. The van der Waals surface area contributed by atoms with Crippen LogP contribution >= 0.6 is 0 Å². The van der Waals surface area contributed by atoms with Crippen LogP contribution in [0.15, 0.2) is 36.7 Å². The highest BCUT2D eigenvalue weighted by Gasteiger charge is 2.03. The van der Waals surface area contributed by atoms with Crippen molar-refractivity contribution in [3.63, 3.8) is 0 Å². The smallest absolute Gasteiger partial charge is 0.146 e. The minimum absolute atomic E-state index is 0.305. The van der Waals surface area contributed by atoms with Crippen LogP contribution in [0.25, 0.3) is 0 Å². The van der Waals surface area contributed by atoms with Gasteiger partial charge in [-0.15, -0.1) is 0 Å². The van der Waals surface area contributed by atoms with E-state index < -0.39 is 0 Å². The zero-order valence-electron chi connectivity index (χ0n) is 11.7. The highest BCUT2D eigenvalue weighted by atomic mass is 19.1. The molecular weight excluding hydrogens is 255 g/mol. The molecule has 4 nitrogen and oxygen atoms in total. The lowest BCUT2D eigenvalue weighted by atomic mass is 10.1. The summed E-state index contributed by atoms with van der Waals surface area (Å²) in [5, 5.41) is 6.18. The molecule has 1 aromatic heterocycles. The number of para-hydroxylation sites is 1. The van der Waals surface area contributed by atoms with Crippen molar-refractivity contribution in [1.29, 1.82) is 0 Å². The number of anilines is 3. The third-order valence-corrected chi connectivity index (χ3v) is 2.83. The van der Waals surface area contributed by atoms with Crippen LogP contribution in [0.1, 0.15) is 20.3 Å². The van der Waals surface area contributed by atoms with Gasteiger partial charge in [0, 0.05) is 12.6 Å². The molecule has 1 heterocycles. The molecule has 5 heteroatoms. The summed E-state index contributed by atoms with van der Waals surface area (Å²) in [7, 11) is 0. The molecule has 0 atom stereocenters. The molecule has 0 aliphatic carbocycles. The van der Waals surface area contributed by atoms with E-state index in [2.05, 4.69) is 34.4 Å². The molecule has 2 aromatic rings. The fourth-order valence-electron chi connectivity index (χ4n) is 1.71. The maximum atomic E-state index is 13.5. The topological polar surface area (TPSA) is 49.8 Å². The van der Waals surface area contributed by atoms with Crippen molar-refractivity contribution in [2.75, 3.05) is 17.2 Å². The van der Waals surface area contributed by atoms with E-state index >= 15 is 0 Å². The van der Waals surface area contributed by atoms with Gasteiger partial charge in [-0.1, -0.05) is 26.0 Å². The summed E-state index contributed by atoms with van der Waals surface area (Å²) in [6, 6.07) is 8.27. The van der Waals surface area contributed by atoms with E-state index in [0.29, 0.717) is 17.4 Å². The van der Waals surface area contributed by atoms with E-state index in [0.717, 1.165) is 18.8 Å². The molecule has 0 bridgehead atoms. The van der Waals surface area contributed by atoms with Crippen LogP contribution in [-0.4, -0.2) is 16.5 Å². The van der Waals surface area contributed by atoms with Gasteiger partial charge >= 0.3 is 0 Å². The van der Waals surface area contributed by atoms with Crippen LogP contribution in [-0.2, 0) is 0 Å². The Hall–Kier alpha value is -2.17. The quantitative estimate of drug-likeness (QED) is 0.840. The fraction of sp³-hybridized carbons (Fsp3) is 0.333. The molecule has 20 heavy (non-hydrogen) atoms. The van der Waals surface area contributed by atoms with Crippen molar-refractivity contribution in [3.05, 3.63) is 42.5 Å². The molecule has 1 aromatic carbocycles. The molecule has 0 saturated heterocycles. The first-order chi connectivity index (χ1) is 9.65. The zero-order chi connectivity index (χ0) is 14.4. The molecule has 106 valence electrons. The largest absolute Gasteiger partial charge is 0.370 e. The molecular formula is C15H19FN4. The maximum Gasteiger partial charge on any atom is 0.146 e. The lowest BCUT2D eigenvalue weighted by molar-refractivity contribution is 0.606. The summed E-state index contributed by atoms with van der Waals surface area (Å²) in [6.45, 7) is 5.20. The Morgan fingerprint density at radius 2 is 1.90 bits per heavy atom. The molecule has 0 amide bonds. The number of hydrogen-bond acceptors (Lipinski definition) is 4. The van der Waals surface area contributed by atoms with Gasteiger partial charge in [0.1, 0.15) is 23.8 Å². The predicted octanol–water partition coefficient (Wildman–Crippen LogP) is 3.82. The zero-order valence-corrected chi connectivity index (χ0v) is 11.7. The van der Waals surface area contributed by atoms with Crippen LogP contribution in [0.5, 0.6) is 0 Å². The SMILES string of the molecule is CC(C)CCNc1cc(Nc2ccccc2F)ncn1. The Bertz CT molecular complexity index is 557. The molecule has 0 saturated carbocycles. The summed E-state index contributed by atoms with van der Waals surface area (Å²) < 4.78 is 13.5. The van der Waals surface area contributed by atoms with Gasteiger partial charge in [-0.05, 0) is 24.5 Å². The fourth-order valence-corrected chi connectivity index (χ4v) is 1.71. The predicted molar refractivity (Wildman–Crippen MR) is 79.7 cm³/mol. The van der Waals surface area contributed by atoms with E-state index in [9.17, 15) is 4.39 Å². The van der Waals surface area contributed by atoms with E-state index in [1.54, 1.807) is 24.3 Å². The highest BCUT2D eigenvalue weighted by molar-refractivity contribution is 5.59. The van der Waals surface area contributed by atoms with Gasteiger partial charge in [0.15, 0.2) is 0 Å². The molecule has 2 N–H and O–H groups in total. The number of rotatable bonds is 6. The first-order valence-electron chi connectivity index (χ1n) is 6.72. The number of halogens is 1. The molecule has 0 unspecified atom stereocenters.